The molecule has 0 N–H and O–H groups in total. The lowest BCUT2D eigenvalue weighted by atomic mass is 10.1. The van der Waals surface area contributed by atoms with Crippen LogP contribution in [0.4, 0.5) is 0 Å². The van der Waals surface area contributed by atoms with E-state index in [-0.39, 0.29) is 5.78 Å². The van der Waals surface area contributed by atoms with Crippen molar-refractivity contribution in [3.05, 3.63) is 64.7 Å². The summed E-state index contributed by atoms with van der Waals surface area (Å²) in [6, 6.07) is 14.8. The summed E-state index contributed by atoms with van der Waals surface area (Å²) in [6.45, 7) is 8.03. The van der Waals surface area contributed by atoms with Crippen LogP contribution in [0.15, 0.2) is 42.5 Å². The average molecular weight is 284 g/mol. The van der Waals surface area contributed by atoms with Gasteiger partial charge in [0, 0.05) is 11.2 Å². The second kappa shape index (κ2) is 6.33. The maximum atomic E-state index is 11.8. The molecular formula is C18H21OP. The van der Waals surface area contributed by atoms with Gasteiger partial charge in [-0.25, -0.2) is 0 Å². The van der Waals surface area contributed by atoms with E-state index in [0.29, 0.717) is 14.2 Å². The third-order valence-electron chi connectivity index (χ3n) is 3.47. The highest BCUT2D eigenvalue weighted by atomic mass is 31.1. The third-order valence-corrected chi connectivity index (χ3v) is 4.98. The van der Waals surface area contributed by atoms with Gasteiger partial charge < -0.3 is 0 Å². The topological polar surface area (TPSA) is 17.1 Å². The first-order valence-corrected chi connectivity index (χ1v) is 8.00. The summed E-state index contributed by atoms with van der Waals surface area (Å²) in [6.07, 6.45) is 0. The molecule has 2 atom stereocenters. The number of hydrogen-bond donors (Lipinski definition) is 0. The molecule has 0 aliphatic carbocycles. The van der Waals surface area contributed by atoms with E-state index in [2.05, 4.69) is 50.2 Å². The Morgan fingerprint density at radius 2 is 1.75 bits per heavy atom. The van der Waals surface area contributed by atoms with E-state index in [4.69, 9.17) is 0 Å². The minimum absolute atomic E-state index is 0.160. The van der Waals surface area contributed by atoms with Gasteiger partial charge in [0.05, 0.1) is 0 Å². The van der Waals surface area contributed by atoms with Gasteiger partial charge >= 0.3 is 0 Å². The fourth-order valence-corrected chi connectivity index (χ4v) is 3.73. The van der Waals surface area contributed by atoms with E-state index in [1.807, 2.05) is 13.0 Å². The normalized spacial score (nSPS) is 12.8. The molecule has 104 valence electrons. The Morgan fingerprint density at radius 3 is 2.40 bits per heavy atom. The Labute approximate surface area is 123 Å². The smallest absolute Gasteiger partial charge is 0.160 e. The van der Waals surface area contributed by atoms with Crippen LogP contribution in [0.5, 0.6) is 0 Å². The number of benzene rings is 2. The zero-order valence-electron chi connectivity index (χ0n) is 12.5. The lowest BCUT2D eigenvalue weighted by molar-refractivity contribution is 0.101. The first-order chi connectivity index (χ1) is 9.47. The summed E-state index contributed by atoms with van der Waals surface area (Å²) < 4.78 is 0. The molecule has 2 rings (SSSR count). The van der Waals surface area contributed by atoms with Crippen LogP contribution in [0, 0.1) is 13.8 Å². The summed E-state index contributed by atoms with van der Waals surface area (Å²) >= 11 is 0. The Bertz CT molecular complexity index is 631. The number of carbonyl (C=O) groups is 1. The predicted molar refractivity (Wildman–Crippen MR) is 88.7 cm³/mol. The van der Waals surface area contributed by atoms with E-state index in [0.717, 1.165) is 11.1 Å². The van der Waals surface area contributed by atoms with Crippen LogP contribution < -0.4 is 5.30 Å². The molecule has 0 saturated carbocycles. The molecule has 1 nitrogen and oxygen atoms in total. The molecule has 0 radical (unpaired) electrons. The molecular weight excluding hydrogens is 263 g/mol. The maximum Gasteiger partial charge on any atom is 0.160 e. The Balaban J connectivity index is 2.28. The second-order valence-electron chi connectivity index (χ2n) is 5.39. The van der Waals surface area contributed by atoms with Crippen molar-refractivity contribution >= 4 is 19.7 Å². The van der Waals surface area contributed by atoms with Crippen molar-refractivity contribution in [1.82, 2.24) is 0 Å². The zero-order valence-corrected chi connectivity index (χ0v) is 13.5. The number of aryl methyl sites for hydroxylation is 2. The summed E-state index contributed by atoms with van der Waals surface area (Å²) in [5.41, 5.74) is 5.10. The van der Waals surface area contributed by atoms with Gasteiger partial charge in [0.25, 0.3) is 0 Å². The van der Waals surface area contributed by atoms with Gasteiger partial charge in [-0.05, 0) is 37.7 Å². The third kappa shape index (κ3) is 3.55. The SMILES string of the molecule is CC(=O)c1cc(C)ccc1PC(C)c1cccc(C)c1. The van der Waals surface area contributed by atoms with Crippen LogP contribution in [-0.2, 0) is 0 Å². The maximum absolute atomic E-state index is 11.8. The highest BCUT2D eigenvalue weighted by Gasteiger charge is 2.12. The van der Waals surface area contributed by atoms with E-state index >= 15 is 0 Å². The molecule has 0 fully saturated rings. The first-order valence-electron chi connectivity index (χ1n) is 6.92. The Hall–Kier alpha value is -1.46. The van der Waals surface area contributed by atoms with Crippen molar-refractivity contribution in [3.63, 3.8) is 0 Å². The molecule has 0 saturated heterocycles. The quantitative estimate of drug-likeness (QED) is 0.593. The molecule has 0 aliphatic heterocycles. The first kappa shape index (κ1) is 14.9. The fraction of sp³-hybridized carbons (Fsp3) is 0.278. The van der Waals surface area contributed by atoms with Crippen LogP contribution >= 0.6 is 8.58 Å². The lowest BCUT2D eigenvalue weighted by Gasteiger charge is -2.15. The summed E-state index contributed by atoms with van der Waals surface area (Å²) in [4.78, 5) is 11.8. The van der Waals surface area contributed by atoms with Gasteiger partial charge in [-0.1, -0.05) is 63.0 Å². The van der Waals surface area contributed by atoms with Crippen LogP contribution in [0.2, 0.25) is 0 Å². The molecule has 0 heterocycles. The Morgan fingerprint density at radius 1 is 1.05 bits per heavy atom. The molecule has 2 heteroatoms. The van der Waals surface area contributed by atoms with Crippen LogP contribution in [-0.4, -0.2) is 5.78 Å². The van der Waals surface area contributed by atoms with Gasteiger partial charge in [0.1, 0.15) is 0 Å². The monoisotopic (exact) mass is 284 g/mol. The number of ketones is 1. The summed E-state index contributed by atoms with van der Waals surface area (Å²) in [5.74, 6) is 0.160. The number of carbonyl (C=O) groups excluding carboxylic acids is 1. The molecule has 0 aromatic heterocycles. The minimum Gasteiger partial charge on any atom is -0.294 e. The summed E-state index contributed by atoms with van der Waals surface area (Å²) in [5, 5.41) is 1.18. The van der Waals surface area contributed by atoms with Crippen molar-refractivity contribution in [1.29, 1.82) is 0 Å². The van der Waals surface area contributed by atoms with E-state index in [1.54, 1.807) is 6.92 Å². The second-order valence-corrected chi connectivity index (χ2v) is 7.08. The van der Waals surface area contributed by atoms with Gasteiger partial charge in [-0.3, -0.25) is 4.79 Å². The zero-order chi connectivity index (χ0) is 14.7. The molecule has 2 aromatic carbocycles. The molecule has 0 amide bonds. The largest absolute Gasteiger partial charge is 0.294 e. The standard InChI is InChI=1S/C18H21OP/c1-12-6-5-7-16(10-12)15(4)20-18-9-8-13(2)11-17(18)14(3)19/h5-11,15,20H,1-4H3. The van der Waals surface area contributed by atoms with Gasteiger partial charge in [0.2, 0.25) is 0 Å². The molecule has 2 unspecified atom stereocenters. The van der Waals surface area contributed by atoms with Crippen molar-refractivity contribution in [2.45, 2.75) is 33.4 Å². The van der Waals surface area contributed by atoms with Crippen molar-refractivity contribution in [2.24, 2.45) is 0 Å². The van der Waals surface area contributed by atoms with Crippen LogP contribution in [0.3, 0.4) is 0 Å². The van der Waals surface area contributed by atoms with Crippen LogP contribution in [0.25, 0.3) is 0 Å². The molecule has 20 heavy (non-hydrogen) atoms. The van der Waals surface area contributed by atoms with Gasteiger partial charge in [0.15, 0.2) is 5.78 Å². The van der Waals surface area contributed by atoms with E-state index in [1.165, 1.54) is 16.4 Å². The number of rotatable bonds is 4. The van der Waals surface area contributed by atoms with Gasteiger partial charge in [-0.2, -0.15) is 0 Å². The molecule has 2 aromatic rings. The predicted octanol–water partition coefficient (Wildman–Crippen LogP) is 4.57. The number of hydrogen-bond acceptors (Lipinski definition) is 1. The van der Waals surface area contributed by atoms with Crippen molar-refractivity contribution in [3.8, 4) is 0 Å². The van der Waals surface area contributed by atoms with Gasteiger partial charge in [-0.15, -0.1) is 0 Å². The summed E-state index contributed by atoms with van der Waals surface area (Å²) in [7, 11) is 0.619. The molecule has 0 aliphatic rings. The van der Waals surface area contributed by atoms with Crippen molar-refractivity contribution < 1.29 is 4.79 Å². The average Bonchev–Trinajstić information content (AvgIpc) is 2.40. The molecule has 0 spiro atoms. The van der Waals surface area contributed by atoms with E-state index < -0.39 is 0 Å². The van der Waals surface area contributed by atoms with Crippen molar-refractivity contribution in [2.75, 3.05) is 0 Å². The lowest BCUT2D eigenvalue weighted by Crippen LogP contribution is -2.10. The Kier molecular flexibility index (Phi) is 4.73. The van der Waals surface area contributed by atoms with Crippen LogP contribution in [0.1, 0.15) is 46.6 Å². The fourth-order valence-electron chi connectivity index (χ4n) is 2.33. The van der Waals surface area contributed by atoms with E-state index in [9.17, 15) is 4.79 Å². The highest BCUT2D eigenvalue weighted by molar-refractivity contribution is 7.47. The minimum atomic E-state index is 0.160. The number of Topliss-reactive ketones (excluding diaryl/α,β-unsaturated/α-hetero) is 1. The molecule has 0 bridgehead atoms. The highest BCUT2D eigenvalue weighted by Crippen LogP contribution is 2.34.